The van der Waals surface area contributed by atoms with Gasteiger partial charge in [0.25, 0.3) is 0 Å². The van der Waals surface area contributed by atoms with E-state index in [2.05, 4.69) is 10.3 Å². The van der Waals surface area contributed by atoms with E-state index in [0.29, 0.717) is 17.8 Å². The van der Waals surface area contributed by atoms with Gasteiger partial charge in [0.2, 0.25) is 10.9 Å². The van der Waals surface area contributed by atoms with Gasteiger partial charge in [0.15, 0.2) is 9.84 Å². The zero-order valence-electron chi connectivity index (χ0n) is 12.6. The third-order valence-corrected chi connectivity index (χ3v) is 7.26. The molecule has 2 rings (SSSR count). The highest BCUT2D eigenvalue weighted by molar-refractivity contribution is 7.94. The third kappa shape index (κ3) is 3.14. The molecule has 0 saturated heterocycles. The van der Waals surface area contributed by atoms with Crippen LogP contribution in [0.15, 0.2) is 6.20 Å². The molecule has 0 atom stereocenters. The van der Waals surface area contributed by atoms with E-state index in [1.807, 2.05) is 0 Å². The Hall–Kier alpha value is -1.48. The molecule has 0 spiro atoms. The topological polar surface area (TPSA) is 102 Å². The minimum atomic E-state index is -3.52. The number of sulfone groups is 1. The SMILES string of the molecule is CCOC(=O)c1ncc(NC(=O)C(C)(C)S(=O)(=O)C2CC2)s1. The molecule has 122 valence electrons. The first-order chi connectivity index (χ1) is 10.2. The van der Waals surface area contributed by atoms with Crippen molar-refractivity contribution < 1.29 is 22.7 Å². The van der Waals surface area contributed by atoms with E-state index >= 15 is 0 Å². The lowest BCUT2D eigenvalue weighted by molar-refractivity contribution is -0.117. The van der Waals surface area contributed by atoms with Crippen molar-refractivity contribution in [2.24, 2.45) is 0 Å². The number of esters is 1. The first kappa shape index (κ1) is 16.9. The van der Waals surface area contributed by atoms with Crippen LogP contribution in [0, 0.1) is 0 Å². The van der Waals surface area contributed by atoms with E-state index in [-0.39, 0.29) is 11.6 Å². The predicted molar refractivity (Wildman–Crippen MR) is 82.7 cm³/mol. The molecule has 9 heteroatoms. The van der Waals surface area contributed by atoms with Crippen LogP contribution in [0.5, 0.6) is 0 Å². The van der Waals surface area contributed by atoms with Gasteiger partial charge in [0.05, 0.1) is 18.1 Å². The van der Waals surface area contributed by atoms with Gasteiger partial charge >= 0.3 is 5.97 Å². The van der Waals surface area contributed by atoms with Gasteiger partial charge in [-0.15, -0.1) is 0 Å². The standard InChI is InChI=1S/C13H18N2O5S2/c1-4-20-11(16)10-14-7-9(21-10)15-12(17)13(2,3)22(18,19)8-5-6-8/h7-8H,4-6H2,1-3H3,(H,15,17). The fourth-order valence-corrected chi connectivity index (χ4v) is 4.41. The van der Waals surface area contributed by atoms with Crippen LogP contribution in [0.3, 0.4) is 0 Å². The van der Waals surface area contributed by atoms with Gasteiger partial charge < -0.3 is 10.1 Å². The van der Waals surface area contributed by atoms with Crippen molar-refractivity contribution in [3.05, 3.63) is 11.2 Å². The second kappa shape index (κ2) is 5.96. The molecule has 1 fully saturated rings. The average Bonchev–Trinajstić information content (AvgIpc) is 3.20. The Morgan fingerprint density at radius 2 is 2.09 bits per heavy atom. The summed E-state index contributed by atoms with van der Waals surface area (Å²) in [5.41, 5.74) is 0. The number of thiazole rings is 1. The lowest BCUT2D eigenvalue weighted by Crippen LogP contribution is -2.46. The molecule has 0 unspecified atom stereocenters. The second-order valence-electron chi connectivity index (χ2n) is 5.46. The molecule has 22 heavy (non-hydrogen) atoms. The van der Waals surface area contributed by atoms with E-state index < -0.39 is 31.7 Å². The summed E-state index contributed by atoms with van der Waals surface area (Å²) in [5, 5.41) is 2.52. The van der Waals surface area contributed by atoms with Gasteiger partial charge in [-0.1, -0.05) is 11.3 Å². The molecule has 1 amide bonds. The molecule has 1 saturated carbocycles. The summed E-state index contributed by atoms with van der Waals surface area (Å²) in [6, 6.07) is 0. The Balaban J connectivity index is 2.10. The minimum absolute atomic E-state index is 0.111. The monoisotopic (exact) mass is 346 g/mol. The lowest BCUT2D eigenvalue weighted by atomic mass is 10.2. The Morgan fingerprint density at radius 1 is 1.45 bits per heavy atom. The summed E-state index contributed by atoms with van der Waals surface area (Å²) < 4.78 is 27.9. The van der Waals surface area contributed by atoms with Crippen LogP contribution >= 0.6 is 11.3 Å². The number of hydrogen-bond donors (Lipinski definition) is 1. The van der Waals surface area contributed by atoms with Gasteiger partial charge in [-0.25, -0.2) is 18.2 Å². The highest BCUT2D eigenvalue weighted by atomic mass is 32.2. The van der Waals surface area contributed by atoms with E-state index in [0.717, 1.165) is 11.3 Å². The Labute approximate surface area is 133 Å². The Morgan fingerprint density at radius 3 is 2.64 bits per heavy atom. The number of nitrogens with one attached hydrogen (secondary N) is 1. The van der Waals surface area contributed by atoms with Crippen molar-refractivity contribution in [2.75, 3.05) is 11.9 Å². The molecule has 0 aromatic carbocycles. The molecule has 1 aromatic heterocycles. The van der Waals surface area contributed by atoms with Crippen LogP contribution < -0.4 is 5.32 Å². The number of nitrogens with zero attached hydrogens (tertiary/aromatic N) is 1. The lowest BCUT2D eigenvalue weighted by Gasteiger charge is -2.23. The summed E-state index contributed by atoms with van der Waals surface area (Å²) >= 11 is 0.948. The van der Waals surface area contributed by atoms with Gasteiger partial charge in [0.1, 0.15) is 9.75 Å². The highest BCUT2D eigenvalue weighted by Gasteiger charge is 2.50. The van der Waals surface area contributed by atoms with Crippen LogP contribution in [0.25, 0.3) is 0 Å². The number of carbonyl (C=O) groups excluding carboxylic acids is 2. The number of amides is 1. The zero-order chi connectivity index (χ0) is 16.5. The summed E-state index contributed by atoms with van der Waals surface area (Å²) in [5.74, 6) is -1.20. The van der Waals surface area contributed by atoms with Crippen LogP contribution in [-0.2, 0) is 19.4 Å². The smallest absolute Gasteiger partial charge is 0.367 e. The number of carbonyl (C=O) groups is 2. The molecule has 7 nitrogen and oxygen atoms in total. The maximum absolute atomic E-state index is 12.3. The molecule has 0 aliphatic heterocycles. The van der Waals surface area contributed by atoms with Crippen LogP contribution in [-0.4, -0.2) is 41.9 Å². The molecule has 0 radical (unpaired) electrons. The van der Waals surface area contributed by atoms with Crippen LogP contribution in [0.2, 0.25) is 0 Å². The zero-order valence-corrected chi connectivity index (χ0v) is 14.2. The summed E-state index contributed by atoms with van der Waals surface area (Å²) in [6.07, 6.45) is 2.52. The second-order valence-corrected chi connectivity index (χ2v) is 9.27. The van der Waals surface area contributed by atoms with Crippen molar-refractivity contribution >= 4 is 38.1 Å². The van der Waals surface area contributed by atoms with E-state index in [9.17, 15) is 18.0 Å². The Kier molecular flexibility index (Phi) is 4.57. The van der Waals surface area contributed by atoms with E-state index in [1.54, 1.807) is 6.92 Å². The third-order valence-electron chi connectivity index (χ3n) is 3.41. The van der Waals surface area contributed by atoms with Crippen LogP contribution in [0.1, 0.15) is 43.4 Å². The predicted octanol–water partition coefficient (Wildman–Crippen LogP) is 1.61. The average molecular weight is 346 g/mol. The first-order valence-electron chi connectivity index (χ1n) is 6.88. The van der Waals surface area contributed by atoms with E-state index in [1.165, 1.54) is 20.0 Å². The van der Waals surface area contributed by atoms with Gasteiger partial charge in [-0.2, -0.15) is 0 Å². The van der Waals surface area contributed by atoms with Gasteiger partial charge in [-0.05, 0) is 33.6 Å². The largest absolute Gasteiger partial charge is 0.461 e. The maximum atomic E-state index is 12.3. The quantitative estimate of drug-likeness (QED) is 0.785. The summed E-state index contributed by atoms with van der Waals surface area (Å²) in [4.78, 5) is 27.7. The van der Waals surface area contributed by atoms with Gasteiger partial charge in [0, 0.05) is 0 Å². The fraction of sp³-hybridized carbons (Fsp3) is 0.615. The number of anilines is 1. The fourth-order valence-electron chi connectivity index (χ4n) is 1.81. The molecule has 1 heterocycles. The molecular formula is C13H18N2O5S2. The number of rotatable bonds is 6. The minimum Gasteiger partial charge on any atom is -0.461 e. The van der Waals surface area contributed by atoms with Gasteiger partial charge in [-0.3, -0.25) is 4.79 Å². The van der Waals surface area contributed by atoms with Crippen molar-refractivity contribution in [3.63, 3.8) is 0 Å². The summed E-state index contributed by atoms with van der Waals surface area (Å²) in [6.45, 7) is 4.69. The summed E-state index contributed by atoms with van der Waals surface area (Å²) in [7, 11) is -3.52. The number of aromatic nitrogens is 1. The number of hydrogen-bond acceptors (Lipinski definition) is 7. The molecule has 1 aliphatic rings. The molecule has 1 aromatic rings. The van der Waals surface area contributed by atoms with Crippen LogP contribution in [0.4, 0.5) is 5.00 Å². The molecule has 1 aliphatic carbocycles. The number of ether oxygens (including phenoxy) is 1. The molecule has 1 N–H and O–H groups in total. The first-order valence-corrected chi connectivity index (χ1v) is 9.24. The molecular weight excluding hydrogens is 328 g/mol. The normalized spacial score (nSPS) is 15.4. The molecule has 0 bridgehead atoms. The van der Waals surface area contributed by atoms with Crippen molar-refractivity contribution in [3.8, 4) is 0 Å². The Bertz CT molecular complexity index is 689. The van der Waals surface area contributed by atoms with Crippen molar-refractivity contribution in [2.45, 2.75) is 43.6 Å². The van der Waals surface area contributed by atoms with E-state index in [4.69, 9.17) is 4.74 Å². The van der Waals surface area contributed by atoms with Crippen molar-refractivity contribution in [1.29, 1.82) is 0 Å². The highest BCUT2D eigenvalue weighted by Crippen LogP contribution is 2.36. The maximum Gasteiger partial charge on any atom is 0.367 e. The van der Waals surface area contributed by atoms with Crippen molar-refractivity contribution in [1.82, 2.24) is 4.98 Å².